The van der Waals surface area contributed by atoms with Gasteiger partial charge >= 0.3 is 11.9 Å². The third kappa shape index (κ3) is 39.8. The van der Waals surface area contributed by atoms with Crippen LogP contribution in [0.3, 0.4) is 0 Å². The van der Waals surface area contributed by atoms with E-state index in [1.54, 1.807) is 0 Å². The molecule has 4 heteroatoms. The molecule has 0 saturated heterocycles. The van der Waals surface area contributed by atoms with Crippen LogP contribution in [0, 0.1) is 0 Å². The number of esters is 1. The Morgan fingerprint density at radius 3 is 1.23 bits per heavy atom. The molecule has 0 heterocycles. The van der Waals surface area contributed by atoms with E-state index >= 15 is 0 Å². The summed E-state index contributed by atoms with van der Waals surface area (Å²) in [6.45, 7) is 4.20. The molecule has 0 fully saturated rings. The number of aliphatic carboxylic acids is 1. The van der Waals surface area contributed by atoms with Crippen molar-refractivity contribution in [3.63, 3.8) is 0 Å². The highest BCUT2D eigenvalue weighted by molar-refractivity contribution is 5.69. The molecule has 4 nitrogen and oxygen atoms in total. The van der Waals surface area contributed by atoms with Gasteiger partial charge in [0.1, 0.15) is 0 Å². The van der Waals surface area contributed by atoms with Crippen molar-refractivity contribution in [2.75, 3.05) is 0 Å². The Balaban J connectivity index is 3.41. The molecule has 0 aliphatic rings. The maximum Gasteiger partial charge on any atom is 0.306 e. The smallest absolute Gasteiger partial charge is 0.306 e. The average molecular weight is 669 g/mol. The van der Waals surface area contributed by atoms with E-state index in [1.165, 1.54) is 103 Å². The SMILES string of the molecule is CC/C=C\C/C=C\C/C=C\C/C=C\C/C=C\CCCC(=O)OC(C)CCCCCCCCCCCCCCCCCCCCCC(=O)O. The molecule has 0 aromatic rings. The van der Waals surface area contributed by atoms with Gasteiger partial charge in [-0.2, -0.15) is 0 Å². The molecule has 1 atom stereocenters. The molecule has 0 radical (unpaired) electrons. The fourth-order valence-electron chi connectivity index (χ4n) is 5.79. The van der Waals surface area contributed by atoms with Crippen LogP contribution in [0.5, 0.6) is 0 Å². The first-order chi connectivity index (χ1) is 23.6. The van der Waals surface area contributed by atoms with E-state index in [9.17, 15) is 9.59 Å². The number of carbonyl (C=O) groups excluding carboxylic acids is 1. The molecule has 0 bridgehead atoms. The van der Waals surface area contributed by atoms with Gasteiger partial charge in [-0.3, -0.25) is 9.59 Å². The minimum Gasteiger partial charge on any atom is -0.481 e. The number of hydrogen-bond donors (Lipinski definition) is 1. The number of hydrogen-bond acceptors (Lipinski definition) is 3. The first-order valence-corrected chi connectivity index (χ1v) is 20.2. The van der Waals surface area contributed by atoms with Gasteiger partial charge in [0.25, 0.3) is 0 Å². The molecule has 276 valence electrons. The summed E-state index contributed by atoms with van der Waals surface area (Å²) in [5.41, 5.74) is 0. The average Bonchev–Trinajstić information content (AvgIpc) is 3.06. The Bertz CT molecular complexity index is 850. The molecule has 1 unspecified atom stereocenters. The molecule has 0 aromatic heterocycles. The van der Waals surface area contributed by atoms with Crippen LogP contribution in [0.1, 0.15) is 200 Å². The van der Waals surface area contributed by atoms with Crippen molar-refractivity contribution in [1.29, 1.82) is 0 Å². The predicted octanol–water partition coefficient (Wildman–Crippen LogP) is 14.1. The zero-order valence-corrected chi connectivity index (χ0v) is 31.5. The number of carboxylic acids is 1. The Morgan fingerprint density at radius 1 is 0.479 bits per heavy atom. The van der Waals surface area contributed by atoms with E-state index in [-0.39, 0.29) is 12.1 Å². The fraction of sp³-hybridized carbons (Fsp3) is 0.727. The Morgan fingerprint density at radius 2 is 0.833 bits per heavy atom. The molecule has 0 saturated carbocycles. The maximum absolute atomic E-state index is 12.2. The van der Waals surface area contributed by atoms with Crippen LogP contribution in [-0.4, -0.2) is 23.1 Å². The van der Waals surface area contributed by atoms with Gasteiger partial charge in [0.05, 0.1) is 6.10 Å². The van der Waals surface area contributed by atoms with Crippen LogP contribution < -0.4 is 0 Å². The van der Waals surface area contributed by atoms with Crippen molar-refractivity contribution in [2.24, 2.45) is 0 Å². The van der Waals surface area contributed by atoms with Crippen molar-refractivity contribution in [3.8, 4) is 0 Å². The molecule has 0 aromatic carbocycles. The van der Waals surface area contributed by atoms with Crippen LogP contribution >= 0.6 is 0 Å². The molecular weight excluding hydrogens is 592 g/mol. The lowest BCUT2D eigenvalue weighted by Crippen LogP contribution is -2.14. The second-order valence-electron chi connectivity index (χ2n) is 13.6. The monoisotopic (exact) mass is 669 g/mol. The lowest BCUT2D eigenvalue weighted by molar-refractivity contribution is -0.148. The second-order valence-corrected chi connectivity index (χ2v) is 13.6. The van der Waals surface area contributed by atoms with E-state index in [4.69, 9.17) is 9.84 Å². The summed E-state index contributed by atoms with van der Waals surface area (Å²) in [7, 11) is 0. The molecule has 0 amide bonds. The van der Waals surface area contributed by atoms with Crippen LogP contribution in [0.15, 0.2) is 60.8 Å². The highest BCUT2D eigenvalue weighted by Gasteiger charge is 2.08. The van der Waals surface area contributed by atoms with Gasteiger partial charge in [-0.15, -0.1) is 0 Å². The summed E-state index contributed by atoms with van der Waals surface area (Å²) in [5, 5.41) is 8.65. The van der Waals surface area contributed by atoms with Gasteiger partial charge in [-0.1, -0.05) is 177 Å². The topological polar surface area (TPSA) is 63.6 Å². The van der Waals surface area contributed by atoms with E-state index in [0.29, 0.717) is 12.8 Å². The van der Waals surface area contributed by atoms with Crippen molar-refractivity contribution < 1.29 is 19.4 Å². The normalized spacial score (nSPS) is 12.9. The summed E-state index contributed by atoms with van der Waals surface area (Å²) in [6.07, 6.45) is 55.3. The number of allylic oxidation sites excluding steroid dienone is 10. The quantitative estimate of drug-likeness (QED) is 0.0410. The zero-order chi connectivity index (χ0) is 35.0. The van der Waals surface area contributed by atoms with Gasteiger partial charge in [-0.05, 0) is 71.1 Å². The van der Waals surface area contributed by atoms with Crippen molar-refractivity contribution in [3.05, 3.63) is 60.8 Å². The van der Waals surface area contributed by atoms with E-state index in [2.05, 4.69) is 67.7 Å². The zero-order valence-electron chi connectivity index (χ0n) is 31.5. The molecule has 0 spiro atoms. The molecule has 48 heavy (non-hydrogen) atoms. The Labute approximate surface area is 297 Å². The number of carbonyl (C=O) groups is 2. The summed E-state index contributed by atoms with van der Waals surface area (Å²) in [4.78, 5) is 22.7. The number of rotatable bonds is 36. The largest absolute Gasteiger partial charge is 0.481 e. The first-order valence-electron chi connectivity index (χ1n) is 20.2. The standard InChI is InChI=1S/C44H76O4/c1-3-4-5-6-7-8-9-10-11-15-20-23-26-29-32-35-38-41-44(47)48-42(2)39-36-33-30-27-24-21-18-16-13-12-14-17-19-22-25-28-31-34-37-40-43(45)46/h4-5,7-8,10-11,20,23,29,32,42H,3,6,9,12-19,21-22,24-28,30-31,33-41H2,1-2H3,(H,45,46)/b5-4-,8-7-,11-10-,23-20-,32-29-. The van der Waals surface area contributed by atoms with Crippen LogP contribution in [0.2, 0.25) is 0 Å². The van der Waals surface area contributed by atoms with E-state index in [1.807, 2.05) is 6.92 Å². The fourth-order valence-corrected chi connectivity index (χ4v) is 5.79. The van der Waals surface area contributed by atoms with Crippen molar-refractivity contribution in [2.45, 2.75) is 206 Å². The third-order valence-corrected chi connectivity index (χ3v) is 8.74. The van der Waals surface area contributed by atoms with E-state index in [0.717, 1.165) is 70.6 Å². The Hall–Kier alpha value is -2.36. The lowest BCUT2D eigenvalue weighted by Gasteiger charge is -2.13. The lowest BCUT2D eigenvalue weighted by atomic mass is 10.0. The minimum absolute atomic E-state index is 0.0352. The second kappa shape index (κ2) is 39.1. The number of ether oxygens (including phenoxy) is 1. The molecule has 0 rings (SSSR count). The van der Waals surface area contributed by atoms with Gasteiger partial charge in [0.15, 0.2) is 0 Å². The number of unbranched alkanes of at least 4 members (excludes halogenated alkanes) is 19. The highest BCUT2D eigenvalue weighted by Crippen LogP contribution is 2.16. The molecule has 0 aliphatic heterocycles. The van der Waals surface area contributed by atoms with Crippen LogP contribution in [-0.2, 0) is 14.3 Å². The van der Waals surface area contributed by atoms with Crippen molar-refractivity contribution in [1.82, 2.24) is 0 Å². The van der Waals surface area contributed by atoms with Gasteiger partial charge < -0.3 is 9.84 Å². The predicted molar refractivity (Wildman–Crippen MR) is 208 cm³/mol. The molecular formula is C44H76O4. The Kier molecular flexibility index (Phi) is 37.2. The summed E-state index contributed by atoms with van der Waals surface area (Å²) < 4.78 is 5.62. The first kappa shape index (κ1) is 45.6. The summed E-state index contributed by atoms with van der Waals surface area (Å²) in [6, 6.07) is 0. The van der Waals surface area contributed by atoms with Crippen LogP contribution in [0.25, 0.3) is 0 Å². The van der Waals surface area contributed by atoms with Crippen molar-refractivity contribution >= 4 is 11.9 Å². The minimum atomic E-state index is -0.663. The maximum atomic E-state index is 12.2. The molecule has 1 N–H and O–H groups in total. The highest BCUT2D eigenvalue weighted by atomic mass is 16.5. The van der Waals surface area contributed by atoms with Gasteiger partial charge in [0, 0.05) is 12.8 Å². The summed E-state index contributed by atoms with van der Waals surface area (Å²) in [5.74, 6) is -0.711. The summed E-state index contributed by atoms with van der Waals surface area (Å²) >= 11 is 0. The number of carboxylic acid groups (broad SMARTS) is 1. The van der Waals surface area contributed by atoms with E-state index < -0.39 is 5.97 Å². The van der Waals surface area contributed by atoms with Gasteiger partial charge in [0.2, 0.25) is 0 Å². The third-order valence-electron chi connectivity index (χ3n) is 8.74. The van der Waals surface area contributed by atoms with Gasteiger partial charge in [-0.25, -0.2) is 0 Å². The molecule has 0 aliphatic carbocycles. The van der Waals surface area contributed by atoms with Crippen LogP contribution in [0.4, 0.5) is 0 Å².